The van der Waals surface area contributed by atoms with Crippen LogP contribution in [0, 0.1) is 0 Å². The molecule has 0 aliphatic heterocycles. The maximum Gasteiger partial charge on any atom is 0.121 e. The molecule has 2 aromatic carbocycles. The van der Waals surface area contributed by atoms with Crippen LogP contribution >= 0.6 is 15.9 Å². The predicted octanol–water partition coefficient (Wildman–Crippen LogP) is 4.62. The zero-order valence-corrected chi connectivity index (χ0v) is 12.2. The molecule has 2 aromatic rings. The number of hydrogen-bond donors (Lipinski definition) is 1. The van der Waals surface area contributed by atoms with E-state index in [0.717, 1.165) is 21.6 Å². The first-order valence-corrected chi connectivity index (χ1v) is 6.85. The Balaban J connectivity index is 2.00. The van der Waals surface area contributed by atoms with Gasteiger partial charge in [0.15, 0.2) is 0 Å². The average molecular weight is 319 g/mol. The summed E-state index contributed by atoms with van der Waals surface area (Å²) in [5, 5.41) is 3.12. The maximum absolute atomic E-state index is 5.43. The topological polar surface area (TPSA) is 33.6 Å². The van der Waals surface area contributed by atoms with Gasteiger partial charge in [-0.3, -0.25) is 0 Å². The Hall–Kier alpha value is -1.81. The summed E-state index contributed by atoms with van der Waals surface area (Å²) in [4.78, 5) is 4.34. The van der Waals surface area contributed by atoms with Crippen LogP contribution in [-0.4, -0.2) is 12.9 Å². The second kappa shape index (κ2) is 6.95. The van der Waals surface area contributed by atoms with E-state index in [9.17, 15) is 0 Å². The minimum atomic E-state index is 0.656. The van der Waals surface area contributed by atoms with E-state index in [-0.39, 0.29) is 0 Å². The summed E-state index contributed by atoms with van der Waals surface area (Å²) < 4.78 is 6.46. The Bertz CT molecular complexity index is 570. The number of aliphatic imine (C=N–C) groups is 1. The molecule has 0 aromatic heterocycles. The molecular formula is C15H15BrN2O. The van der Waals surface area contributed by atoms with E-state index < -0.39 is 0 Å². The quantitative estimate of drug-likeness (QED) is 0.644. The number of hydrogen-bond acceptors (Lipinski definition) is 2. The molecule has 98 valence electrons. The highest BCUT2D eigenvalue weighted by atomic mass is 79.9. The average Bonchev–Trinajstić information content (AvgIpc) is 2.40. The molecule has 19 heavy (non-hydrogen) atoms. The van der Waals surface area contributed by atoms with Crippen LogP contribution in [0.2, 0.25) is 0 Å². The van der Waals surface area contributed by atoms with Crippen LogP contribution in [0.1, 0.15) is 6.92 Å². The van der Waals surface area contributed by atoms with Gasteiger partial charge in [-0.05, 0) is 37.3 Å². The third-order valence-corrected chi connectivity index (χ3v) is 2.89. The number of nitrogens with one attached hydrogen (secondary N) is 1. The van der Waals surface area contributed by atoms with E-state index in [1.807, 2.05) is 55.5 Å². The molecule has 0 bridgehead atoms. The second-order valence-electron chi connectivity index (χ2n) is 3.84. The van der Waals surface area contributed by atoms with Crippen LogP contribution in [0.4, 0.5) is 11.4 Å². The number of anilines is 1. The van der Waals surface area contributed by atoms with Crippen molar-refractivity contribution in [2.24, 2.45) is 4.99 Å². The standard InChI is InChI=1S/C15H15BrN2O/c1-2-19-15-8-4-7-14(10-15)18-11-17-13-6-3-5-12(16)9-13/h3-11H,2H2,1H3,(H,17,18). The molecule has 0 heterocycles. The fourth-order valence-electron chi connectivity index (χ4n) is 1.58. The second-order valence-corrected chi connectivity index (χ2v) is 4.76. The zero-order valence-electron chi connectivity index (χ0n) is 10.6. The van der Waals surface area contributed by atoms with Gasteiger partial charge in [0.1, 0.15) is 5.75 Å². The predicted molar refractivity (Wildman–Crippen MR) is 83.5 cm³/mol. The smallest absolute Gasteiger partial charge is 0.121 e. The lowest BCUT2D eigenvalue weighted by atomic mass is 10.3. The summed E-state index contributed by atoms with van der Waals surface area (Å²) in [6.07, 6.45) is 1.67. The third-order valence-electron chi connectivity index (χ3n) is 2.40. The van der Waals surface area contributed by atoms with Crippen LogP contribution in [-0.2, 0) is 0 Å². The molecule has 0 saturated carbocycles. The first-order chi connectivity index (χ1) is 9.28. The third kappa shape index (κ3) is 4.41. The van der Waals surface area contributed by atoms with E-state index in [1.165, 1.54) is 0 Å². The van der Waals surface area contributed by atoms with Crippen molar-refractivity contribution in [2.45, 2.75) is 6.92 Å². The van der Waals surface area contributed by atoms with Crippen molar-refractivity contribution in [3.05, 3.63) is 53.0 Å². The van der Waals surface area contributed by atoms with Crippen molar-refractivity contribution in [1.82, 2.24) is 0 Å². The highest BCUT2D eigenvalue weighted by Gasteiger charge is 1.94. The van der Waals surface area contributed by atoms with Crippen molar-refractivity contribution in [2.75, 3.05) is 11.9 Å². The summed E-state index contributed by atoms with van der Waals surface area (Å²) in [6.45, 7) is 2.62. The molecule has 3 nitrogen and oxygen atoms in total. The fraction of sp³-hybridized carbons (Fsp3) is 0.133. The van der Waals surface area contributed by atoms with Crippen molar-refractivity contribution < 1.29 is 4.74 Å². The number of rotatable bonds is 5. The number of nitrogens with zero attached hydrogens (tertiary/aromatic N) is 1. The Kier molecular flexibility index (Phi) is 4.98. The molecule has 0 spiro atoms. The molecule has 0 unspecified atom stereocenters. The highest BCUT2D eigenvalue weighted by molar-refractivity contribution is 9.10. The molecule has 0 saturated heterocycles. The summed E-state index contributed by atoms with van der Waals surface area (Å²) in [5.74, 6) is 0.833. The lowest BCUT2D eigenvalue weighted by Gasteiger charge is -2.03. The van der Waals surface area contributed by atoms with Crippen molar-refractivity contribution >= 4 is 33.6 Å². The number of ether oxygens (including phenoxy) is 1. The van der Waals surface area contributed by atoms with Crippen LogP contribution in [0.15, 0.2) is 58.0 Å². The number of halogens is 1. The van der Waals surface area contributed by atoms with E-state index >= 15 is 0 Å². The van der Waals surface area contributed by atoms with Gasteiger partial charge in [0, 0.05) is 16.2 Å². The van der Waals surface area contributed by atoms with E-state index in [2.05, 4.69) is 26.2 Å². The molecule has 4 heteroatoms. The van der Waals surface area contributed by atoms with Crippen LogP contribution in [0.25, 0.3) is 0 Å². The van der Waals surface area contributed by atoms with Gasteiger partial charge in [0.05, 0.1) is 18.6 Å². The maximum atomic E-state index is 5.43. The van der Waals surface area contributed by atoms with Gasteiger partial charge < -0.3 is 10.1 Å². The molecule has 0 fully saturated rings. The first kappa shape index (κ1) is 13.6. The van der Waals surface area contributed by atoms with Crippen LogP contribution in [0.3, 0.4) is 0 Å². The molecule has 0 aliphatic rings. The SMILES string of the molecule is CCOc1cccc(N=CNc2cccc(Br)c2)c1. The summed E-state index contributed by atoms with van der Waals surface area (Å²) in [7, 11) is 0. The minimum Gasteiger partial charge on any atom is -0.494 e. The largest absolute Gasteiger partial charge is 0.494 e. The molecule has 0 aliphatic carbocycles. The van der Waals surface area contributed by atoms with Gasteiger partial charge in [-0.15, -0.1) is 0 Å². The monoisotopic (exact) mass is 318 g/mol. The zero-order chi connectivity index (χ0) is 13.5. The first-order valence-electron chi connectivity index (χ1n) is 6.05. The van der Waals surface area contributed by atoms with Gasteiger partial charge in [-0.1, -0.05) is 28.1 Å². The van der Waals surface area contributed by atoms with Gasteiger partial charge in [-0.25, -0.2) is 4.99 Å². The van der Waals surface area contributed by atoms with Gasteiger partial charge in [0.2, 0.25) is 0 Å². The van der Waals surface area contributed by atoms with Gasteiger partial charge in [-0.2, -0.15) is 0 Å². The molecule has 0 radical (unpaired) electrons. The summed E-state index contributed by atoms with van der Waals surface area (Å²) in [6, 6.07) is 15.6. The van der Waals surface area contributed by atoms with E-state index in [1.54, 1.807) is 6.34 Å². The van der Waals surface area contributed by atoms with Crippen LogP contribution in [0.5, 0.6) is 5.75 Å². The summed E-state index contributed by atoms with van der Waals surface area (Å²) in [5.41, 5.74) is 1.84. The van der Waals surface area contributed by atoms with E-state index in [0.29, 0.717) is 6.61 Å². The number of benzene rings is 2. The normalized spacial score (nSPS) is 10.6. The fourth-order valence-corrected chi connectivity index (χ4v) is 1.98. The Labute approximate surface area is 121 Å². The Morgan fingerprint density at radius 1 is 1.21 bits per heavy atom. The lowest BCUT2D eigenvalue weighted by molar-refractivity contribution is 0.340. The molecule has 2 rings (SSSR count). The minimum absolute atomic E-state index is 0.656. The van der Waals surface area contributed by atoms with Crippen LogP contribution < -0.4 is 10.1 Å². The summed E-state index contributed by atoms with van der Waals surface area (Å²) >= 11 is 3.42. The van der Waals surface area contributed by atoms with Gasteiger partial charge >= 0.3 is 0 Å². The molecular weight excluding hydrogens is 304 g/mol. The van der Waals surface area contributed by atoms with E-state index in [4.69, 9.17) is 4.74 Å². The molecule has 0 amide bonds. The Morgan fingerprint density at radius 3 is 2.84 bits per heavy atom. The lowest BCUT2D eigenvalue weighted by Crippen LogP contribution is -1.94. The Morgan fingerprint density at radius 2 is 2.05 bits per heavy atom. The van der Waals surface area contributed by atoms with Crippen molar-refractivity contribution in [3.8, 4) is 5.75 Å². The van der Waals surface area contributed by atoms with Crippen molar-refractivity contribution in [3.63, 3.8) is 0 Å². The molecule has 0 atom stereocenters. The highest BCUT2D eigenvalue weighted by Crippen LogP contribution is 2.20. The molecule has 1 N–H and O–H groups in total. The van der Waals surface area contributed by atoms with Gasteiger partial charge in [0.25, 0.3) is 0 Å². The van der Waals surface area contributed by atoms with Crippen molar-refractivity contribution in [1.29, 1.82) is 0 Å².